The third-order valence-electron chi connectivity index (χ3n) is 0.478. The molecule has 0 aromatic heterocycles. The highest BCUT2D eigenvalue weighted by molar-refractivity contribution is 7.87. The first kappa shape index (κ1) is 13.2. The van der Waals surface area contributed by atoms with Crippen molar-refractivity contribution in [3.63, 3.8) is 0 Å². The van der Waals surface area contributed by atoms with Crippen molar-refractivity contribution in [3.05, 3.63) is 12.8 Å². The molecule has 3 nitrogen and oxygen atoms in total. The van der Waals surface area contributed by atoms with E-state index < -0.39 is 15.6 Å². The Kier molecular flexibility index (Phi) is 4.57. The van der Waals surface area contributed by atoms with Crippen LogP contribution in [0.25, 0.3) is 0 Å². The number of rotatable bonds is 2. The van der Waals surface area contributed by atoms with E-state index in [0.29, 0.717) is 0 Å². The highest BCUT2D eigenvalue weighted by atomic mass is 35.5. The van der Waals surface area contributed by atoms with Crippen LogP contribution in [0.5, 0.6) is 0 Å². The monoisotopic (exact) mass is 212 g/mol. The standard InChI is InChI=1S/C3H3F3O3S.ClH/c1-2-9-10(7,8)3(4,5)6;/h2H,1H2;1H. The van der Waals surface area contributed by atoms with Crippen molar-refractivity contribution < 1.29 is 25.8 Å². The zero-order chi connectivity index (χ0) is 8.41. The van der Waals surface area contributed by atoms with Crippen molar-refractivity contribution >= 4 is 22.5 Å². The average molecular weight is 213 g/mol. The molecule has 68 valence electrons. The van der Waals surface area contributed by atoms with Crippen LogP contribution in [-0.2, 0) is 14.3 Å². The fourth-order valence-electron chi connectivity index (χ4n) is 0.144. The Morgan fingerprint density at radius 3 is 1.82 bits per heavy atom. The normalized spacial score (nSPS) is 11.5. The lowest BCUT2D eigenvalue weighted by Crippen LogP contribution is -2.23. The first-order valence-corrected chi connectivity index (χ1v) is 3.32. The average Bonchev–Trinajstić information content (AvgIpc) is 1.61. The van der Waals surface area contributed by atoms with Crippen LogP contribution in [0.15, 0.2) is 12.8 Å². The van der Waals surface area contributed by atoms with Crippen LogP contribution in [0.4, 0.5) is 13.2 Å². The molecule has 0 aliphatic heterocycles. The smallest absolute Gasteiger partial charge is 0.385 e. The number of halogens is 4. The number of alkyl halides is 3. The van der Waals surface area contributed by atoms with Gasteiger partial charge in [0.05, 0.1) is 6.26 Å². The van der Waals surface area contributed by atoms with E-state index in [1.165, 1.54) is 0 Å². The predicted molar refractivity (Wildman–Crippen MR) is 33.5 cm³/mol. The van der Waals surface area contributed by atoms with Crippen molar-refractivity contribution in [3.8, 4) is 0 Å². The van der Waals surface area contributed by atoms with Crippen LogP contribution in [0.1, 0.15) is 0 Å². The lowest BCUT2D eigenvalue weighted by Gasteiger charge is -2.04. The molecule has 0 unspecified atom stereocenters. The van der Waals surface area contributed by atoms with Crippen LogP contribution >= 0.6 is 12.4 Å². The van der Waals surface area contributed by atoms with Crippen LogP contribution in [0, 0.1) is 0 Å². The molecule has 0 spiro atoms. The minimum Gasteiger partial charge on any atom is -0.385 e. The number of hydrogen-bond donors (Lipinski definition) is 0. The molecule has 0 aliphatic carbocycles. The van der Waals surface area contributed by atoms with Gasteiger partial charge in [-0.15, -0.1) is 12.4 Å². The van der Waals surface area contributed by atoms with E-state index in [-0.39, 0.29) is 18.7 Å². The fourth-order valence-corrected chi connectivity index (χ4v) is 0.432. The fraction of sp³-hybridized carbons (Fsp3) is 0.333. The molecule has 0 saturated carbocycles. The summed E-state index contributed by atoms with van der Waals surface area (Å²) in [5, 5.41) is 0. The lowest BCUT2D eigenvalue weighted by molar-refractivity contribution is -0.0514. The first-order valence-electron chi connectivity index (χ1n) is 1.92. The van der Waals surface area contributed by atoms with Crippen molar-refractivity contribution in [2.24, 2.45) is 0 Å². The molecule has 0 fully saturated rings. The number of hydrogen-bond acceptors (Lipinski definition) is 3. The van der Waals surface area contributed by atoms with E-state index in [4.69, 9.17) is 0 Å². The molecule has 0 heterocycles. The molecule has 0 radical (unpaired) electrons. The topological polar surface area (TPSA) is 43.4 Å². The zero-order valence-electron chi connectivity index (χ0n) is 4.96. The molecule has 11 heavy (non-hydrogen) atoms. The highest BCUT2D eigenvalue weighted by Crippen LogP contribution is 2.24. The quantitative estimate of drug-likeness (QED) is 0.395. The molecule has 0 amide bonds. The lowest BCUT2D eigenvalue weighted by atomic mass is 11.2. The van der Waals surface area contributed by atoms with Gasteiger partial charge in [-0.25, -0.2) is 0 Å². The van der Waals surface area contributed by atoms with Gasteiger partial charge in [0.1, 0.15) is 0 Å². The second kappa shape index (κ2) is 3.82. The van der Waals surface area contributed by atoms with Crippen molar-refractivity contribution in [2.75, 3.05) is 0 Å². The van der Waals surface area contributed by atoms with E-state index in [1.54, 1.807) is 0 Å². The van der Waals surface area contributed by atoms with Crippen molar-refractivity contribution in [2.45, 2.75) is 5.51 Å². The minimum absolute atomic E-state index is 0. The Labute approximate surface area is 67.4 Å². The van der Waals surface area contributed by atoms with Crippen molar-refractivity contribution in [1.29, 1.82) is 0 Å². The molecule has 0 aromatic rings. The van der Waals surface area contributed by atoms with Crippen LogP contribution in [0.2, 0.25) is 0 Å². The van der Waals surface area contributed by atoms with Gasteiger partial charge < -0.3 is 4.18 Å². The Morgan fingerprint density at radius 1 is 1.36 bits per heavy atom. The first-order chi connectivity index (χ1) is 4.31. The maximum absolute atomic E-state index is 11.3. The Balaban J connectivity index is 0. The van der Waals surface area contributed by atoms with E-state index >= 15 is 0 Å². The largest absolute Gasteiger partial charge is 0.534 e. The second-order valence-electron chi connectivity index (χ2n) is 1.16. The van der Waals surface area contributed by atoms with Crippen LogP contribution in [-0.4, -0.2) is 13.9 Å². The van der Waals surface area contributed by atoms with Gasteiger partial charge in [0.25, 0.3) is 0 Å². The third kappa shape index (κ3) is 3.47. The molecule has 0 bridgehead atoms. The van der Waals surface area contributed by atoms with E-state index in [9.17, 15) is 21.6 Å². The summed E-state index contributed by atoms with van der Waals surface area (Å²) in [7, 11) is -5.47. The van der Waals surface area contributed by atoms with Gasteiger partial charge in [-0.2, -0.15) is 21.6 Å². The van der Waals surface area contributed by atoms with E-state index in [0.717, 1.165) is 0 Å². The molecule has 0 aliphatic rings. The molecular formula is C3H4ClF3O3S. The summed E-state index contributed by atoms with van der Waals surface area (Å²) in [4.78, 5) is 0. The molecule has 0 aromatic carbocycles. The van der Waals surface area contributed by atoms with Gasteiger partial charge in [-0.1, -0.05) is 6.58 Å². The predicted octanol–water partition coefficient (Wildman–Crippen LogP) is 1.42. The maximum Gasteiger partial charge on any atom is 0.534 e. The Morgan fingerprint density at radius 2 is 1.73 bits per heavy atom. The summed E-state index contributed by atoms with van der Waals surface area (Å²) in [6.07, 6.45) is 0.197. The maximum atomic E-state index is 11.3. The molecule has 0 atom stereocenters. The highest BCUT2D eigenvalue weighted by Gasteiger charge is 2.47. The molecule has 0 saturated heterocycles. The SMILES string of the molecule is C=COS(=O)(=O)C(F)(F)F.Cl. The molecule has 8 heteroatoms. The zero-order valence-corrected chi connectivity index (χ0v) is 6.59. The second-order valence-corrected chi connectivity index (χ2v) is 2.73. The third-order valence-corrected chi connectivity index (χ3v) is 1.43. The summed E-state index contributed by atoms with van der Waals surface area (Å²) in [5.74, 6) is 0. The minimum atomic E-state index is -5.47. The summed E-state index contributed by atoms with van der Waals surface area (Å²) >= 11 is 0. The summed E-state index contributed by atoms with van der Waals surface area (Å²) in [5.41, 5.74) is -5.37. The molecule has 0 N–H and O–H groups in total. The van der Waals surface area contributed by atoms with Gasteiger partial charge in [-0.05, 0) is 0 Å². The Hall–Kier alpha value is -0.430. The van der Waals surface area contributed by atoms with Crippen molar-refractivity contribution in [1.82, 2.24) is 0 Å². The molecular weight excluding hydrogens is 209 g/mol. The van der Waals surface area contributed by atoms with Gasteiger partial charge in [-0.3, -0.25) is 0 Å². The molecule has 0 rings (SSSR count). The van der Waals surface area contributed by atoms with Gasteiger partial charge in [0.2, 0.25) is 0 Å². The summed E-state index contributed by atoms with van der Waals surface area (Å²) in [6, 6.07) is 0. The van der Waals surface area contributed by atoms with Gasteiger partial charge in [0.15, 0.2) is 0 Å². The van der Waals surface area contributed by atoms with Crippen LogP contribution in [0.3, 0.4) is 0 Å². The summed E-state index contributed by atoms with van der Waals surface area (Å²) in [6.45, 7) is 2.66. The van der Waals surface area contributed by atoms with E-state index in [2.05, 4.69) is 10.8 Å². The van der Waals surface area contributed by atoms with Gasteiger partial charge >= 0.3 is 15.6 Å². The summed E-state index contributed by atoms with van der Waals surface area (Å²) < 4.78 is 56.7. The van der Waals surface area contributed by atoms with E-state index in [1.807, 2.05) is 0 Å². The Bertz CT molecular complexity index is 218. The van der Waals surface area contributed by atoms with Gasteiger partial charge in [0, 0.05) is 0 Å². The van der Waals surface area contributed by atoms with Crippen LogP contribution < -0.4 is 0 Å².